The zero-order valence-corrected chi connectivity index (χ0v) is 11.5. The molecule has 0 saturated carbocycles. The molecule has 1 amide bonds. The highest BCUT2D eigenvalue weighted by Crippen LogP contribution is 2.04. The molecule has 0 aliphatic rings. The molecular weight excluding hydrogens is 285 g/mol. The fourth-order valence-electron chi connectivity index (χ4n) is 1.85. The third kappa shape index (κ3) is 3.14. The monoisotopic (exact) mass is 297 g/mol. The molecule has 1 aromatic carbocycles. The van der Waals surface area contributed by atoms with Crippen LogP contribution in [0.2, 0.25) is 0 Å². The summed E-state index contributed by atoms with van der Waals surface area (Å²) in [6.07, 6.45) is 4.96. The van der Waals surface area contributed by atoms with E-state index in [1.807, 2.05) is 0 Å². The van der Waals surface area contributed by atoms with Crippen LogP contribution in [0.1, 0.15) is 16.1 Å². The number of rotatable bonds is 4. The van der Waals surface area contributed by atoms with Gasteiger partial charge >= 0.3 is 0 Å². The summed E-state index contributed by atoms with van der Waals surface area (Å²) in [5.41, 5.74) is 1.02. The van der Waals surface area contributed by atoms with Gasteiger partial charge in [-0.05, 0) is 29.8 Å². The van der Waals surface area contributed by atoms with Crippen LogP contribution in [0.15, 0.2) is 55.1 Å². The van der Waals surface area contributed by atoms with E-state index in [9.17, 15) is 9.18 Å². The molecule has 3 aromatic rings. The van der Waals surface area contributed by atoms with Gasteiger partial charge in [0.15, 0.2) is 11.5 Å². The first kappa shape index (κ1) is 13.9. The summed E-state index contributed by atoms with van der Waals surface area (Å²) in [5, 5.41) is 10.6. The Kier molecular flexibility index (Phi) is 3.86. The van der Waals surface area contributed by atoms with Crippen LogP contribution >= 0.6 is 0 Å². The fourth-order valence-corrected chi connectivity index (χ4v) is 1.85. The van der Waals surface area contributed by atoms with E-state index in [0.29, 0.717) is 12.4 Å². The molecule has 0 saturated heterocycles. The van der Waals surface area contributed by atoms with Gasteiger partial charge in [-0.15, -0.1) is 10.2 Å². The van der Waals surface area contributed by atoms with Crippen molar-refractivity contribution < 1.29 is 9.18 Å². The third-order valence-electron chi connectivity index (χ3n) is 3.02. The predicted octanol–water partition coefficient (Wildman–Crippen LogP) is 1.73. The van der Waals surface area contributed by atoms with Gasteiger partial charge in [-0.3, -0.25) is 9.36 Å². The van der Waals surface area contributed by atoms with Crippen molar-refractivity contribution in [3.63, 3.8) is 0 Å². The second-order valence-electron chi connectivity index (χ2n) is 4.56. The Morgan fingerprint density at radius 1 is 1.14 bits per heavy atom. The van der Waals surface area contributed by atoms with Crippen molar-refractivity contribution in [2.75, 3.05) is 0 Å². The maximum Gasteiger partial charge on any atom is 0.272 e. The summed E-state index contributed by atoms with van der Waals surface area (Å²) in [6, 6.07) is 9.19. The number of imidazole rings is 1. The smallest absolute Gasteiger partial charge is 0.272 e. The minimum absolute atomic E-state index is 0.214. The van der Waals surface area contributed by atoms with Crippen molar-refractivity contribution >= 4 is 5.91 Å². The molecule has 7 heteroatoms. The highest BCUT2D eigenvalue weighted by atomic mass is 19.1. The molecule has 0 radical (unpaired) electrons. The van der Waals surface area contributed by atoms with Gasteiger partial charge in [0.05, 0.1) is 0 Å². The molecule has 110 valence electrons. The number of aromatic nitrogens is 4. The minimum Gasteiger partial charge on any atom is -0.347 e. The van der Waals surface area contributed by atoms with Crippen molar-refractivity contribution in [2.45, 2.75) is 6.54 Å². The molecule has 22 heavy (non-hydrogen) atoms. The standard InChI is InChI=1S/C15H12FN5O/c16-12-3-1-11(2-4-12)9-18-15(22)13-5-6-14(20-19-13)21-8-7-17-10-21/h1-8,10H,9H2,(H,18,22). The van der Waals surface area contributed by atoms with E-state index in [4.69, 9.17) is 0 Å². The van der Waals surface area contributed by atoms with Crippen molar-refractivity contribution in [3.05, 3.63) is 72.2 Å². The van der Waals surface area contributed by atoms with E-state index < -0.39 is 0 Å². The van der Waals surface area contributed by atoms with E-state index >= 15 is 0 Å². The lowest BCUT2D eigenvalue weighted by molar-refractivity contribution is 0.0945. The van der Waals surface area contributed by atoms with Gasteiger partial charge in [0.2, 0.25) is 0 Å². The van der Waals surface area contributed by atoms with E-state index in [2.05, 4.69) is 20.5 Å². The molecule has 0 aliphatic carbocycles. The van der Waals surface area contributed by atoms with E-state index in [1.165, 1.54) is 12.1 Å². The van der Waals surface area contributed by atoms with Crippen LogP contribution in [0.25, 0.3) is 5.82 Å². The normalized spacial score (nSPS) is 10.4. The van der Waals surface area contributed by atoms with Gasteiger partial charge in [-0.25, -0.2) is 9.37 Å². The summed E-state index contributed by atoms with van der Waals surface area (Å²) in [6.45, 7) is 0.296. The number of hydrogen-bond donors (Lipinski definition) is 1. The van der Waals surface area contributed by atoms with Crippen molar-refractivity contribution in [1.82, 2.24) is 25.1 Å². The maximum absolute atomic E-state index is 12.8. The summed E-state index contributed by atoms with van der Waals surface area (Å²) >= 11 is 0. The SMILES string of the molecule is O=C(NCc1ccc(F)cc1)c1ccc(-n2ccnc2)nn1. The molecule has 0 fully saturated rings. The first-order valence-corrected chi connectivity index (χ1v) is 6.57. The minimum atomic E-state index is -0.339. The van der Waals surface area contributed by atoms with Crippen molar-refractivity contribution in [1.29, 1.82) is 0 Å². The molecule has 0 bridgehead atoms. The Bertz CT molecular complexity index is 754. The van der Waals surface area contributed by atoms with Gasteiger partial charge in [0.25, 0.3) is 5.91 Å². The summed E-state index contributed by atoms with van der Waals surface area (Å²) in [4.78, 5) is 15.9. The summed E-state index contributed by atoms with van der Waals surface area (Å²) in [7, 11) is 0. The fraction of sp³-hybridized carbons (Fsp3) is 0.0667. The Morgan fingerprint density at radius 3 is 2.59 bits per heavy atom. The molecular formula is C15H12FN5O. The topological polar surface area (TPSA) is 72.7 Å². The van der Waals surface area contributed by atoms with Gasteiger partial charge in [-0.2, -0.15) is 0 Å². The quantitative estimate of drug-likeness (QED) is 0.796. The molecule has 0 atom stereocenters. The van der Waals surface area contributed by atoms with Crippen LogP contribution in [-0.4, -0.2) is 25.7 Å². The van der Waals surface area contributed by atoms with Gasteiger partial charge in [-0.1, -0.05) is 12.1 Å². The number of carbonyl (C=O) groups excluding carboxylic acids is 1. The predicted molar refractivity (Wildman–Crippen MR) is 76.7 cm³/mol. The number of carbonyl (C=O) groups is 1. The van der Waals surface area contributed by atoms with E-state index in [1.54, 1.807) is 47.6 Å². The number of nitrogens with zero attached hydrogens (tertiary/aromatic N) is 4. The zero-order chi connectivity index (χ0) is 15.4. The average Bonchev–Trinajstić information content (AvgIpc) is 3.09. The zero-order valence-electron chi connectivity index (χ0n) is 11.5. The molecule has 2 aromatic heterocycles. The van der Waals surface area contributed by atoms with Gasteiger partial charge in [0.1, 0.15) is 12.1 Å². The Balaban J connectivity index is 1.63. The first-order valence-electron chi connectivity index (χ1n) is 6.57. The van der Waals surface area contributed by atoms with Crippen LogP contribution in [0.3, 0.4) is 0 Å². The van der Waals surface area contributed by atoms with Crippen LogP contribution in [0, 0.1) is 5.82 Å². The van der Waals surface area contributed by atoms with Crippen LogP contribution in [-0.2, 0) is 6.54 Å². The first-order chi connectivity index (χ1) is 10.7. The van der Waals surface area contributed by atoms with Crippen molar-refractivity contribution in [3.8, 4) is 5.82 Å². The third-order valence-corrected chi connectivity index (χ3v) is 3.02. The number of benzene rings is 1. The van der Waals surface area contributed by atoms with Gasteiger partial charge in [0, 0.05) is 18.9 Å². The molecule has 0 spiro atoms. The van der Waals surface area contributed by atoms with E-state index in [0.717, 1.165) is 5.56 Å². The summed E-state index contributed by atoms with van der Waals surface area (Å²) in [5.74, 6) is -0.0716. The largest absolute Gasteiger partial charge is 0.347 e. The molecule has 3 rings (SSSR count). The number of amides is 1. The van der Waals surface area contributed by atoms with Crippen molar-refractivity contribution in [2.24, 2.45) is 0 Å². The lowest BCUT2D eigenvalue weighted by atomic mass is 10.2. The van der Waals surface area contributed by atoms with Crippen LogP contribution in [0.5, 0.6) is 0 Å². The summed E-state index contributed by atoms with van der Waals surface area (Å²) < 4.78 is 14.5. The lowest BCUT2D eigenvalue weighted by Gasteiger charge is -2.05. The van der Waals surface area contributed by atoms with Crippen LogP contribution in [0.4, 0.5) is 4.39 Å². The average molecular weight is 297 g/mol. The highest BCUT2D eigenvalue weighted by molar-refractivity contribution is 5.92. The van der Waals surface area contributed by atoms with Crippen LogP contribution < -0.4 is 5.32 Å². The number of nitrogens with one attached hydrogen (secondary N) is 1. The number of hydrogen-bond acceptors (Lipinski definition) is 4. The number of halogens is 1. The molecule has 0 unspecified atom stereocenters. The Labute approximate surface area is 125 Å². The second-order valence-corrected chi connectivity index (χ2v) is 4.56. The Morgan fingerprint density at radius 2 is 1.95 bits per heavy atom. The molecule has 0 aliphatic heterocycles. The second kappa shape index (κ2) is 6.13. The molecule has 2 heterocycles. The lowest BCUT2D eigenvalue weighted by Crippen LogP contribution is -2.24. The Hall–Kier alpha value is -3.09. The maximum atomic E-state index is 12.8. The van der Waals surface area contributed by atoms with E-state index in [-0.39, 0.29) is 17.4 Å². The molecule has 6 nitrogen and oxygen atoms in total. The highest BCUT2D eigenvalue weighted by Gasteiger charge is 2.08. The molecule has 1 N–H and O–H groups in total. The van der Waals surface area contributed by atoms with Gasteiger partial charge < -0.3 is 5.32 Å².